The van der Waals surface area contributed by atoms with Gasteiger partial charge < -0.3 is 10.1 Å². The highest BCUT2D eigenvalue weighted by atomic mass is 16.5. The summed E-state index contributed by atoms with van der Waals surface area (Å²) in [6, 6.07) is 8.51. The number of anilines is 1. The normalized spacial score (nSPS) is 10.1. The fourth-order valence-corrected chi connectivity index (χ4v) is 1.31. The summed E-state index contributed by atoms with van der Waals surface area (Å²) >= 11 is 0. The molecule has 0 aliphatic carbocycles. The molecule has 1 rings (SSSR count). The van der Waals surface area contributed by atoms with E-state index in [4.69, 9.17) is 4.74 Å². The zero-order chi connectivity index (χ0) is 10.2. The summed E-state index contributed by atoms with van der Waals surface area (Å²) in [5, 5.41) is 3.33. The van der Waals surface area contributed by atoms with Crippen molar-refractivity contribution >= 4 is 5.69 Å². The van der Waals surface area contributed by atoms with Crippen LogP contribution in [0.4, 0.5) is 5.69 Å². The van der Waals surface area contributed by atoms with Gasteiger partial charge in [-0.15, -0.1) is 0 Å². The van der Waals surface area contributed by atoms with E-state index in [1.807, 2.05) is 6.92 Å². The lowest BCUT2D eigenvalue weighted by Gasteiger charge is -2.07. The highest BCUT2D eigenvalue weighted by Gasteiger charge is 1.93. The van der Waals surface area contributed by atoms with Gasteiger partial charge in [0.25, 0.3) is 0 Å². The molecule has 0 spiro atoms. The number of hydrogen-bond acceptors (Lipinski definition) is 2. The fraction of sp³-hybridized carbons (Fsp3) is 0.500. The summed E-state index contributed by atoms with van der Waals surface area (Å²) in [6.45, 7) is 6.61. The summed E-state index contributed by atoms with van der Waals surface area (Å²) in [7, 11) is 0. The van der Waals surface area contributed by atoms with Gasteiger partial charge in [0.2, 0.25) is 0 Å². The molecule has 0 fully saturated rings. The molecule has 0 saturated heterocycles. The van der Waals surface area contributed by atoms with Gasteiger partial charge in [0, 0.05) is 18.8 Å². The summed E-state index contributed by atoms with van der Waals surface area (Å²) < 4.78 is 5.25. The number of aryl methyl sites for hydroxylation is 1. The van der Waals surface area contributed by atoms with Gasteiger partial charge in [-0.05, 0) is 31.0 Å². The van der Waals surface area contributed by atoms with E-state index >= 15 is 0 Å². The van der Waals surface area contributed by atoms with Crippen molar-refractivity contribution in [2.75, 3.05) is 25.1 Å². The number of nitrogens with one attached hydrogen (secondary N) is 1. The van der Waals surface area contributed by atoms with Crippen LogP contribution in [-0.2, 0) is 11.2 Å². The minimum Gasteiger partial charge on any atom is -0.383 e. The van der Waals surface area contributed by atoms with Crippen LogP contribution in [0.15, 0.2) is 24.3 Å². The molecule has 2 heteroatoms. The molecule has 0 atom stereocenters. The Balaban J connectivity index is 2.34. The number of rotatable bonds is 6. The lowest BCUT2D eigenvalue weighted by atomic mass is 10.1. The van der Waals surface area contributed by atoms with Gasteiger partial charge in [0.05, 0.1) is 6.61 Å². The van der Waals surface area contributed by atoms with E-state index in [1.165, 1.54) is 11.3 Å². The van der Waals surface area contributed by atoms with Crippen LogP contribution in [0, 0.1) is 0 Å². The largest absolute Gasteiger partial charge is 0.383 e. The predicted molar refractivity (Wildman–Crippen MR) is 60.8 cm³/mol. The van der Waals surface area contributed by atoms with E-state index < -0.39 is 0 Å². The third-order valence-corrected chi connectivity index (χ3v) is 2.11. The molecular weight excluding hydrogens is 174 g/mol. The summed E-state index contributed by atoms with van der Waals surface area (Å²) in [4.78, 5) is 0. The smallest absolute Gasteiger partial charge is 0.0638 e. The summed E-state index contributed by atoms with van der Waals surface area (Å²) in [5.74, 6) is 0. The van der Waals surface area contributed by atoms with Crippen LogP contribution in [0.2, 0.25) is 0 Å². The quantitative estimate of drug-likeness (QED) is 0.701. The molecule has 0 aromatic heterocycles. The van der Waals surface area contributed by atoms with Crippen molar-refractivity contribution in [3.8, 4) is 0 Å². The Morgan fingerprint density at radius 2 is 2.14 bits per heavy atom. The molecule has 0 heterocycles. The second-order valence-electron chi connectivity index (χ2n) is 3.18. The second-order valence-corrected chi connectivity index (χ2v) is 3.18. The van der Waals surface area contributed by atoms with E-state index in [9.17, 15) is 0 Å². The average Bonchev–Trinajstić information content (AvgIpc) is 2.25. The minimum atomic E-state index is 0.771. The Kier molecular flexibility index (Phi) is 5.08. The van der Waals surface area contributed by atoms with Gasteiger partial charge in [-0.2, -0.15) is 0 Å². The molecule has 1 aromatic rings. The molecule has 0 saturated carbocycles. The first-order chi connectivity index (χ1) is 6.86. The lowest BCUT2D eigenvalue weighted by molar-refractivity contribution is 0.158. The molecule has 0 radical (unpaired) electrons. The molecule has 1 N–H and O–H groups in total. The molecule has 0 unspecified atom stereocenters. The molecule has 0 aliphatic rings. The highest BCUT2D eigenvalue weighted by molar-refractivity contribution is 5.45. The zero-order valence-corrected chi connectivity index (χ0v) is 9.05. The van der Waals surface area contributed by atoms with Gasteiger partial charge in [0.15, 0.2) is 0 Å². The van der Waals surface area contributed by atoms with Crippen LogP contribution in [0.25, 0.3) is 0 Å². The van der Waals surface area contributed by atoms with Gasteiger partial charge in [-0.3, -0.25) is 0 Å². The van der Waals surface area contributed by atoms with Crippen LogP contribution in [0.5, 0.6) is 0 Å². The van der Waals surface area contributed by atoms with E-state index in [-0.39, 0.29) is 0 Å². The molecule has 78 valence electrons. The molecule has 14 heavy (non-hydrogen) atoms. The van der Waals surface area contributed by atoms with Crippen molar-refractivity contribution in [2.24, 2.45) is 0 Å². The van der Waals surface area contributed by atoms with Crippen LogP contribution in [-0.4, -0.2) is 19.8 Å². The third-order valence-electron chi connectivity index (χ3n) is 2.11. The summed E-state index contributed by atoms with van der Waals surface area (Å²) in [6.07, 6.45) is 1.08. The first-order valence-corrected chi connectivity index (χ1v) is 5.27. The molecule has 2 nitrogen and oxygen atoms in total. The molecular formula is C12H19NO. The van der Waals surface area contributed by atoms with Crippen LogP contribution >= 0.6 is 0 Å². The van der Waals surface area contributed by atoms with E-state index in [0.717, 1.165) is 26.2 Å². The van der Waals surface area contributed by atoms with Crippen molar-refractivity contribution in [1.82, 2.24) is 0 Å². The maximum Gasteiger partial charge on any atom is 0.0638 e. The first kappa shape index (κ1) is 11.1. The van der Waals surface area contributed by atoms with Crippen LogP contribution in [0.3, 0.4) is 0 Å². The van der Waals surface area contributed by atoms with Crippen LogP contribution < -0.4 is 5.32 Å². The Labute approximate surface area is 86.3 Å². The second kappa shape index (κ2) is 6.44. The van der Waals surface area contributed by atoms with E-state index in [2.05, 4.69) is 36.5 Å². The van der Waals surface area contributed by atoms with Crippen molar-refractivity contribution in [3.63, 3.8) is 0 Å². The zero-order valence-electron chi connectivity index (χ0n) is 9.05. The van der Waals surface area contributed by atoms with Crippen molar-refractivity contribution in [1.29, 1.82) is 0 Å². The maximum absolute atomic E-state index is 5.25. The molecule has 0 bridgehead atoms. The van der Waals surface area contributed by atoms with Gasteiger partial charge in [-0.1, -0.05) is 19.1 Å². The highest BCUT2D eigenvalue weighted by Crippen LogP contribution is 2.10. The Morgan fingerprint density at radius 3 is 2.86 bits per heavy atom. The summed E-state index contributed by atoms with van der Waals surface area (Å²) in [5.41, 5.74) is 2.55. The molecule has 0 amide bonds. The molecule has 0 aliphatic heterocycles. The van der Waals surface area contributed by atoms with Crippen molar-refractivity contribution < 1.29 is 4.74 Å². The van der Waals surface area contributed by atoms with Crippen LogP contribution in [0.1, 0.15) is 19.4 Å². The predicted octanol–water partition coefficient (Wildman–Crippen LogP) is 2.70. The monoisotopic (exact) mass is 193 g/mol. The van der Waals surface area contributed by atoms with Crippen molar-refractivity contribution in [3.05, 3.63) is 29.8 Å². The Bertz CT molecular complexity index is 260. The van der Waals surface area contributed by atoms with Gasteiger partial charge >= 0.3 is 0 Å². The number of benzene rings is 1. The fourth-order valence-electron chi connectivity index (χ4n) is 1.31. The topological polar surface area (TPSA) is 21.3 Å². The Hall–Kier alpha value is -1.02. The van der Waals surface area contributed by atoms with Gasteiger partial charge in [-0.25, -0.2) is 0 Å². The number of ether oxygens (including phenoxy) is 1. The lowest BCUT2D eigenvalue weighted by Crippen LogP contribution is -2.09. The van der Waals surface area contributed by atoms with E-state index in [0.29, 0.717) is 0 Å². The van der Waals surface area contributed by atoms with Gasteiger partial charge in [0.1, 0.15) is 0 Å². The number of hydrogen-bond donors (Lipinski definition) is 1. The molecule has 1 aromatic carbocycles. The van der Waals surface area contributed by atoms with E-state index in [1.54, 1.807) is 0 Å². The first-order valence-electron chi connectivity index (χ1n) is 5.27. The Morgan fingerprint density at radius 1 is 1.29 bits per heavy atom. The standard InChI is InChI=1S/C12H19NO/c1-3-11-6-5-7-12(10-11)13-8-9-14-4-2/h5-7,10,13H,3-4,8-9H2,1-2H3. The SMILES string of the molecule is CCOCCNc1cccc(CC)c1. The average molecular weight is 193 g/mol. The van der Waals surface area contributed by atoms with Crippen molar-refractivity contribution in [2.45, 2.75) is 20.3 Å². The third kappa shape index (κ3) is 3.79. The minimum absolute atomic E-state index is 0.771. The maximum atomic E-state index is 5.25.